The number of nitrogens with two attached hydrogens (primary N) is 1. The maximum Gasteiger partial charge on any atom is 0.0552 e. The predicted molar refractivity (Wildman–Crippen MR) is 66.6 cm³/mol. The van der Waals surface area contributed by atoms with Gasteiger partial charge in [-0.2, -0.15) is 0 Å². The molecule has 0 fully saturated rings. The van der Waals surface area contributed by atoms with Gasteiger partial charge in [-0.05, 0) is 23.3 Å². The molecule has 1 nitrogen and oxygen atoms in total. The largest absolute Gasteiger partial charge is 0.320 e. The normalized spacial score (nSPS) is 12.4. The van der Waals surface area contributed by atoms with Crippen molar-refractivity contribution in [2.24, 2.45) is 5.73 Å². The smallest absolute Gasteiger partial charge is 0.0552 e. The zero-order valence-corrected chi connectivity index (χ0v) is 9.81. The van der Waals surface area contributed by atoms with Crippen LogP contribution in [0.15, 0.2) is 59.1 Å². The summed E-state index contributed by atoms with van der Waals surface area (Å²) in [6.45, 7) is 0. The summed E-state index contributed by atoms with van der Waals surface area (Å²) in [5, 5.41) is 0. The summed E-state index contributed by atoms with van der Waals surface area (Å²) >= 11 is 3.45. The molecule has 0 heterocycles. The summed E-state index contributed by atoms with van der Waals surface area (Å²) < 4.78 is 1.06. The van der Waals surface area contributed by atoms with Crippen LogP contribution in [0.5, 0.6) is 0 Å². The molecule has 0 radical (unpaired) electrons. The Hall–Kier alpha value is -1.12. The van der Waals surface area contributed by atoms with Gasteiger partial charge in [-0.3, -0.25) is 0 Å². The Kier molecular flexibility index (Phi) is 3.19. The van der Waals surface area contributed by atoms with Gasteiger partial charge in [-0.1, -0.05) is 58.4 Å². The number of hydrogen-bond acceptors (Lipinski definition) is 1. The Labute approximate surface area is 98.1 Å². The molecule has 2 heteroatoms. The van der Waals surface area contributed by atoms with Crippen molar-refractivity contribution in [3.05, 3.63) is 70.2 Å². The molecule has 15 heavy (non-hydrogen) atoms. The van der Waals surface area contributed by atoms with Crippen molar-refractivity contribution in [2.45, 2.75) is 6.04 Å². The van der Waals surface area contributed by atoms with Crippen LogP contribution < -0.4 is 5.73 Å². The first kappa shape index (κ1) is 10.4. The van der Waals surface area contributed by atoms with Crippen molar-refractivity contribution in [3.8, 4) is 0 Å². The standard InChI is InChI=1S/C13H12BrN/c14-12-8-4-7-11(9-12)13(15)10-5-2-1-3-6-10/h1-9,13H,15H2/t13-/m1/s1. The van der Waals surface area contributed by atoms with Gasteiger partial charge in [-0.25, -0.2) is 0 Å². The summed E-state index contributed by atoms with van der Waals surface area (Å²) in [4.78, 5) is 0. The van der Waals surface area contributed by atoms with Crippen LogP contribution in [0.3, 0.4) is 0 Å². The van der Waals surface area contributed by atoms with Crippen molar-refractivity contribution in [1.29, 1.82) is 0 Å². The van der Waals surface area contributed by atoms with Crippen molar-refractivity contribution in [3.63, 3.8) is 0 Å². The van der Waals surface area contributed by atoms with Gasteiger partial charge >= 0.3 is 0 Å². The van der Waals surface area contributed by atoms with Crippen molar-refractivity contribution in [2.75, 3.05) is 0 Å². The van der Waals surface area contributed by atoms with Crippen LogP contribution in [0.4, 0.5) is 0 Å². The van der Waals surface area contributed by atoms with E-state index < -0.39 is 0 Å². The molecule has 0 saturated carbocycles. The lowest BCUT2D eigenvalue weighted by Gasteiger charge is -2.12. The highest BCUT2D eigenvalue weighted by Gasteiger charge is 2.07. The van der Waals surface area contributed by atoms with Crippen LogP contribution in [0.1, 0.15) is 17.2 Å². The van der Waals surface area contributed by atoms with Gasteiger partial charge in [0.05, 0.1) is 6.04 Å². The fourth-order valence-electron chi connectivity index (χ4n) is 1.55. The Balaban J connectivity index is 2.32. The second-order valence-corrected chi connectivity index (χ2v) is 4.36. The Morgan fingerprint density at radius 2 is 1.53 bits per heavy atom. The SMILES string of the molecule is N[C@H](c1ccccc1)c1cccc(Br)c1. The van der Waals surface area contributed by atoms with Crippen LogP contribution in [0.25, 0.3) is 0 Å². The molecule has 0 aromatic heterocycles. The molecular weight excluding hydrogens is 250 g/mol. The molecule has 0 aliphatic carbocycles. The third-order valence-electron chi connectivity index (χ3n) is 2.37. The molecule has 1 atom stereocenters. The van der Waals surface area contributed by atoms with Crippen molar-refractivity contribution >= 4 is 15.9 Å². The molecule has 0 unspecified atom stereocenters. The van der Waals surface area contributed by atoms with Gasteiger partial charge in [0.1, 0.15) is 0 Å². The summed E-state index contributed by atoms with van der Waals surface area (Å²) in [5.41, 5.74) is 8.42. The Morgan fingerprint density at radius 3 is 2.20 bits per heavy atom. The zero-order chi connectivity index (χ0) is 10.7. The minimum absolute atomic E-state index is 0.0521. The lowest BCUT2D eigenvalue weighted by Crippen LogP contribution is -2.11. The number of benzene rings is 2. The van der Waals surface area contributed by atoms with E-state index in [0.29, 0.717) is 0 Å². The minimum Gasteiger partial charge on any atom is -0.320 e. The van der Waals surface area contributed by atoms with Crippen LogP contribution >= 0.6 is 15.9 Å². The molecule has 0 amide bonds. The second kappa shape index (κ2) is 4.60. The quantitative estimate of drug-likeness (QED) is 0.880. The van der Waals surface area contributed by atoms with Gasteiger partial charge < -0.3 is 5.73 Å². The van der Waals surface area contributed by atoms with E-state index in [1.165, 1.54) is 0 Å². The summed E-state index contributed by atoms with van der Waals surface area (Å²) in [7, 11) is 0. The summed E-state index contributed by atoms with van der Waals surface area (Å²) in [5.74, 6) is 0. The molecule has 0 aliphatic rings. The lowest BCUT2D eigenvalue weighted by atomic mass is 10.00. The average Bonchev–Trinajstić information content (AvgIpc) is 2.29. The molecular formula is C13H12BrN. The highest BCUT2D eigenvalue weighted by atomic mass is 79.9. The highest BCUT2D eigenvalue weighted by Crippen LogP contribution is 2.21. The van der Waals surface area contributed by atoms with E-state index in [-0.39, 0.29) is 6.04 Å². The fourth-order valence-corrected chi connectivity index (χ4v) is 1.97. The first-order valence-electron chi connectivity index (χ1n) is 4.83. The van der Waals surface area contributed by atoms with Crippen LogP contribution in [-0.2, 0) is 0 Å². The molecule has 2 aromatic carbocycles. The number of rotatable bonds is 2. The predicted octanol–water partition coefficient (Wildman–Crippen LogP) is 3.50. The third-order valence-corrected chi connectivity index (χ3v) is 2.86. The van der Waals surface area contributed by atoms with E-state index in [1.807, 2.05) is 48.5 Å². The van der Waals surface area contributed by atoms with Gasteiger partial charge in [0.25, 0.3) is 0 Å². The molecule has 76 valence electrons. The van der Waals surface area contributed by atoms with E-state index in [9.17, 15) is 0 Å². The minimum atomic E-state index is -0.0521. The average molecular weight is 262 g/mol. The van der Waals surface area contributed by atoms with Gasteiger partial charge in [-0.15, -0.1) is 0 Å². The number of hydrogen-bond donors (Lipinski definition) is 1. The topological polar surface area (TPSA) is 26.0 Å². The Morgan fingerprint density at radius 1 is 0.867 bits per heavy atom. The van der Waals surface area contributed by atoms with E-state index in [0.717, 1.165) is 15.6 Å². The lowest BCUT2D eigenvalue weighted by molar-refractivity contribution is 0.870. The van der Waals surface area contributed by atoms with Crippen LogP contribution in [0.2, 0.25) is 0 Å². The van der Waals surface area contributed by atoms with Crippen LogP contribution in [0, 0.1) is 0 Å². The fraction of sp³-hybridized carbons (Fsp3) is 0.0769. The molecule has 2 rings (SSSR count). The van der Waals surface area contributed by atoms with Gasteiger partial charge in [0.15, 0.2) is 0 Å². The maximum absolute atomic E-state index is 6.16. The van der Waals surface area contributed by atoms with E-state index in [4.69, 9.17) is 5.73 Å². The van der Waals surface area contributed by atoms with E-state index in [1.54, 1.807) is 0 Å². The Bertz CT molecular complexity index is 439. The molecule has 0 bridgehead atoms. The monoisotopic (exact) mass is 261 g/mol. The molecule has 0 spiro atoms. The zero-order valence-electron chi connectivity index (χ0n) is 8.23. The van der Waals surface area contributed by atoms with Crippen molar-refractivity contribution in [1.82, 2.24) is 0 Å². The molecule has 2 aromatic rings. The van der Waals surface area contributed by atoms with E-state index >= 15 is 0 Å². The maximum atomic E-state index is 6.16. The molecule has 0 saturated heterocycles. The number of halogens is 1. The van der Waals surface area contributed by atoms with Crippen LogP contribution in [-0.4, -0.2) is 0 Å². The summed E-state index contributed by atoms with van der Waals surface area (Å²) in [6.07, 6.45) is 0. The summed E-state index contributed by atoms with van der Waals surface area (Å²) in [6, 6.07) is 18.2. The second-order valence-electron chi connectivity index (χ2n) is 3.44. The highest BCUT2D eigenvalue weighted by molar-refractivity contribution is 9.10. The molecule has 0 aliphatic heterocycles. The third kappa shape index (κ3) is 2.46. The van der Waals surface area contributed by atoms with Gasteiger partial charge in [0.2, 0.25) is 0 Å². The first-order chi connectivity index (χ1) is 7.27. The van der Waals surface area contributed by atoms with E-state index in [2.05, 4.69) is 22.0 Å². The van der Waals surface area contributed by atoms with Gasteiger partial charge in [0, 0.05) is 4.47 Å². The van der Waals surface area contributed by atoms with Crippen molar-refractivity contribution < 1.29 is 0 Å². The first-order valence-corrected chi connectivity index (χ1v) is 5.62. The molecule has 2 N–H and O–H groups in total.